The largest absolute Gasteiger partial charge is 0.454 e. The summed E-state index contributed by atoms with van der Waals surface area (Å²) in [6.07, 6.45) is 7.22. The zero-order chi connectivity index (χ0) is 28.5. The van der Waals surface area contributed by atoms with Gasteiger partial charge in [-0.3, -0.25) is 14.3 Å². The van der Waals surface area contributed by atoms with E-state index in [-0.39, 0.29) is 31.6 Å². The fourth-order valence-corrected chi connectivity index (χ4v) is 5.62. The van der Waals surface area contributed by atoms with Crippen LogP contribution in [-0.4, -0.2) is 69.6 Å². The van der Waals surface area contributed by atoms with Crippen molar-refractivity contribution in [3.8, 4) is 28.9 Å². The second kappa shape index (κ2) is 11.2. The van der Waals surface area contributed by atoms with Crippen molar-refractivity contribution in [1.82, 2.24) is 29.7 Å². The number of anilines is 1. The van der Waals surface area contributed by atoms with E-state index in [1.807, 2.05) is 49.5 Å². The molecule has 0 bridgehead atoms. The Morgan fingerprint density at radius 2 is 1.76 bits per heavy atom. The third-order valence-electron chi connectivity index (χ3n) is 7.76. The summed E-state index contributed by atoms with van der Waals surface area (Å²) in [6.45, 7) is 5.38. The van der Waals surface area contributed by atoms with Gasteiger partial charge in [0, 0.05) is 51.2 Å². The van der Waals surface area contributed by atoms with Gasteiger partial charge in [0.1, 0.15) is 12.1 Å². The minimum atomic E-state index is -0.194. The SMILES string of the molecule is CC(NC(=O)CC1CN(Cc2ccc3c(c2)OCO3)CCN1c1ccnc(-n2ccnc2)n1)c1ccc2c(c1)OCO2. The van der Waals surface area contributed by atoms with Gasteiger partial charge in [-0.15, -0.1) is 0 Å². The van der Waals surface area contributed by atoms with E-state index in [0.29, 0.717) is 31.2 Å². The number of aromatic nitrogens is 4. The zero-order valence-electron chi connectivity index (χ0n) is 23.2. The molecular formula is C30H31N7O5. The molecular weight excluding hydrogens is 538 g/mol. The minimum absolute atomic E-state index is 0.0380. The number of rotatable bonds is 8. The molecule has 42 heavy (non-hydrogen) atoms. The fourth-order valence-electron chi connectivity index (χ4n) is 5.62. The molecule has 7 rings (SSSR count). The summed E-state index contributed by atoms with van der Waals surface area (Å²) < 4.78 is 23.8. The number of carbonyl (C=O) groups is 1. The highest BCUT2D eigenvalue weighted by molar-refractivity contribution is 5.77. The summed E-state index contributed by atoms with van der Waals surface area (Å²) in [5.41, 5.74) is 2.09. The van der Waals surface area contributed by atoms with Crippen LogP contribution >= 0.6 is 0 Å². The average molecular weight is 570 g/mol. The van der Waals surface area contributed by atoms with Crippen LogP contribution in [0.15, 0.2) is 67.4 Å². The molecule has 1 N–H and O–H groups in total. The summed E-state index contributed by atoms with van der Waals surface area (Å²) in [5, 5.41) is 3.18. The van der Waals surface area contributed by atoms with E-state index in [0.717, 1.165) is 47.3 Å². The van der Waals surface area contributed by atoms with E-state index < -0.39 is 0 Å². The van der Waals surface area contributed by atoms with Crippen LogP contribution in [0.2, 0.25) is 0 Å². The van der Waals surface area contributed by atoms with E-state index in [2.05, 4.69) is 31.2 Å². The highest BCUT2D eigenvalue weighted by Crippen LogP contribution is 2.35. The highest BCUT2D eigenvalue weighted by Gasteiger charge is 2.31. The maximum atomic E-state index is 13.5. The first-order valence-corrected chi connectivity index (χ1v) is 14.0. The van der Waals surface area contributed by atoms with Gasteiger partial charge in [0.05, 0.1) is 12.1 Å². The maximum absolute atomic E-state index is 13.5. The van der Waals surface area contributed by atoms with Gasteiger partial charge >= 0.3 is 0 Å². The number of fused-ring (bicyclic) bond motifs is 2. The maximum Gasteiger partial charge on any atom is 0.236 e. The lowest BCUT2D eigenvalue weighted by Crippen LogP contribution is -2.54. The summed E-state index contributed by atoms with van der Waals surface area (Å²) in [5.74, 6) is 4.23. The molecule has 1 fully saturated rings. The molecule has 0 aliphatic carbocycles. The van der Waals surface area contributed by atoms with Crippen LogP contribution in [0.5, 0.6) is 23.0 Å². The lowest BCUT2D eigenvalue weighted by atomic mass is 10.0. The lowest BCUT2D eigenvalue weighted by Gasteiger charge is -2.42. The van der Waals surface area contributed by atoms with Crippen LogP contribution in [0.3, 0.4) is 0 Å². The Morgan fingerprint density at radius 1 is 0.976 bits per heavy atom. The Balaban J connectivity index is 1.09. The van der Waals surface area contributed by atoms with Crippen molar-refractivity contribution < 1.29 is 23.7 Å². The first-order valence-electron chi connectivity index (χ1n) is 14.0. The van der Waals surface area contributed by atoms with Gasteiger partial charge < -0.3 is 29.2 Å². The standard InChI is InChI=1S/C30H31N7O5/c1-20(22-3-5-25-27(13-22)42-19-40-25)33-29(38)14-23-16-35(15-21-2-4-24-26(12-21)41-18-39-24)10-11-37(23)28-6-7-32-30(34-28)36-9-8-31-17-36/h2-9,12-13,17,20,23H,10-11,14-16,18-19H2,1H3,(H,33,38). The number of imidazole rings is 1. The minimum Gasteiger partial charge on any atom is -0.454 e. The van der Waals surface area contributed by atoms with Crippen molar-refractivity contribution in [2.45, 2.75) is 32.0 Å². The second-order valence-electron chi connectivity index (χ2n) is 10.6. The molecule has 2 atom stereocenters. The Morgan fingerprint density at radius 3 is 2.57 bits per heavy atom. The molecule has 5 heterocycles. The Hall–Kier alpha value is -4.84. The number of ether oxygens (including phenoxy) is 4. The molecule has 12 nitrogen and oxygen atoms in total. The van der Waals surface area contributed by atoms with Gasteiger partial charge in [-0.25, -0.2) is 9.97 Å². The number of piperazine rings is 1. The third kappa shape index (κ3) is 5.40. The van der Waals surface area contributed by atoms with Gasteiger partial charge in [-0.1, -0.05) is 12.1 Å². The predicted octanol–water partition coefficient (Wildman–Crippen LogP) is 3.08. The normalized spacial score (nSPS) is 18.2. The Bertz CT molecular complexity index is 1580. The molecule has 1 saturated heterocycles. The molecule has 4 aromatic rings. The van der Waals surface area contributed by atoms with Gasteiger partial charge in [-0.2, -0.15) is 4.98 Å². The van der Waals surface area contributed by atoms with E-state index in [1.165, 1.54) is 0 Å². The molecule has 3 aliphatic heterocycles. The quantitative estimate of drug-likeness (QED) is 0.339. The van der Waals surface area contributed by atoms with Crippen molar-refractivity contribution in [2.24, 2.45) is 0 Å². The number of carbonyl (C=O) groups excluding carboxylic acids is 1. The van der Waals surface area contributed by atoms with Gasteiger partial charge in [0.15, 0.2) is 23.0 Å². The summed E-state index contributed by atoms with van der Waals surface area (Å²) in [4.78, 5) is 31.4. The topological polar surface area (TPSA) is 116 Å². The van der Waals surface area contributed by atoms with E-state index in [4.69, 9.17) is 23.9 Å². The number of hydrogen-bond acceptors (Lipinski definition) is 10. The molecule has 2 unspecified atom stereocenters. The number of amides is 1. The number of nitrogens with zero attached hydrogens (tertiary/aromatic N) is 6. The van der Waals surface area contributed by atoms with Crippen molar-refractivity contribution in [3.05, 3.63) is 78.5 Å². The number of hydrogen-bond donors (Lipinski definition) is 1. The second-order valence-corrected chi connectivity index (χ2v) is 10.6. The van der Waals surface area contributed by atoms with Crippen LogP contribution in [0.25, 0.3) is 5.95 Å². The van der Waals surface area contributed by atoms with Crippen molar-refractivity contribution in [3.63, 3.8) is 0 Å². The predicted molar refractivity (Wildman–Crippen MR) is 152 cm³/mol. The fraction of sp³-hybridized carbons (Fsp3) is 0.333. The molecule has 0 saturated carbocycles. The molecule has 2 aromatic heterocycles. The van der Waals surface area contributed by atoms with Crippen molar-refractivity contribution >= 4 is 11.7 Å². The molecule has 0 spiro atoms. The van der Waals surface area contributed by atoms with Crippen LogP contribution in [0.1, 0.15) is 30.5 Å². The third-order valence-corrected chi connectivity index (χ3v) is 7.76. The van der Waals surface area contributed by atoms with Crippen molar-refractivity contribution in [2.75, 3.05) is 38.1 Å². The average Bonchev–Trinajstić information content (AvgIpc) is 3.79. The Kier molecular flexibility index (Phi) is 6.96. The summed E-state index contributed by atoms with van der Waals surface area (Å²) >= 11 is 0. The molecule has 0 radical (unpaired) electrons. The molecule has 216 valence electrons. The Labute approximate surface area is 242 Å². The van der Waals surface area contributed by atoms with Crippen LogP contribution in [0.4, 0.5) is 5.82 Å². The van der Waals surface area contributed by atoms with E-state index in [1.54, 1.807) is 23.3 Å². The number of nitrogens with one attached hydrogen (secondary N) is 1. The molecule has 3 aliphatic rings. The first kappa shape index (κ1) is 26.1. The van der Waals surface area contributed by atoms with Crippen LogP contribution < -0.4 is 29.2 Å². The molecule has 2 aromatic carbocycles. The monoisotopic (exact) mass is 569 g/mol. The van der Waals surface area contributed by atoms with Crippen LogP contribution in [-0.2, 0) is 11.3 Å². The van der Waals surface area contributed by atoms with Crippen molar-refractivity contribution in [1.29, 1.82) is 0 Å². The summed E-state index contributed by atoms with van der Waals surface area (Å²) in [6, 6.07) is 13.4. The molecule has 12 heteroatoms. The van der Waals surface area contributed by atoms with E-state index >= 15 is 0 Å². The van der Waals surface area contributed by atoms with Gasteiger partial charge in [0.2, 0.25) is 25.4 Å². The first-order chi connectivity index (χ1) is 20.6. The van der Waals surface area contributed by atoms with Crippen LogP contribution in [0, 0.1) is 0 Å². The van der Waals surface area contributed by atoms with Gasteiger partial charge in [0.25, 0.3) is 0 Å². The smallest absolute Gasteiger partial charge is 0.236 e. The van der Waals surface area contributed by atoms with E-state index in [9.17, 15) is 4.79 Å². The summed E-state index contributed by atoms with van der Waals surface area (Å²) in [7, 11) is 0. The zero-order valence-corrected chi connectivity index (χ0v) is 23.2. The highest BCUT2D eigenvalue weighted by atomic mass is 16.7. The van der Waals surface area contributed by atoms with Gasteiger partial charge in [-0.05, 0) is 48.4 Å². The number of benzene rings is 2. The molecule has 1 amide bonds. The lowest BCUT2D eigenvalue weighted by molar-refractivity contribution is -0.122.